The van der Waals surface area contributed by atoms with Crippen LogP contribution in [0.25, 0.3) is 0 Å². The lowest BCUT2D eigenvalue weighted by Crippen LogP contribution is -2.30. The Morgan fingerprint density at radius 2 is 1.77 bits per heavy atom. The minimum atomic E-state index is -0.555. The highest BCUT2D eigenvalue weighted by atomic mass is 16.6. The molecule has 0 bridgehead atoms. The van der Waals surface area contributed by atoms with E-state index in [9.17, 15) is 9.59 Å². The van der Waals surface area contributed by atoms with E-state index < -0.39 is 5.60 Å². The molecular formula is C18H26O4. The van der Waals surface area contributed by atoms with Crippen molar-refractivity contribution in [2.24, 2.45) is 5.92 Å². The monoisotopic (exact) mass is 306 g/mol. The van der Waals surface area contributed by atoms with Gasteiger partial charge in [-0.05, 0) is 32.3 Å². The third-order valence-corrected chi connectivity index (χ3v) is 3.25. The standard InChI is InChI=1S/C18H26O4/c1-14(2)17(20)22-18(3,4)12-8-11-16(19)21-13-15-9-6-5-7-10-15/h5-7,9-10,14H,8,11-13H2,1-4H3. The Kier molecular flexibility index (Phi) is 7.09. The van der Waals surface area contributed by atoms with Crippen molar-refractivity contribution in [2.45, 2.75) is 59.2 Å². The first-order valence-electron chi connectivity index (χ1n) is 7.72. The summed E-state index contributed by atoms with van der Waals surface area (Å²) < 4.78 is 10.6. The van der Waals surface area contributed by atoms with Gasteiger partial charge in [-0.1, -0.05) is 44.2 Å². The average molecular weight is 306 g/mol. The minimum absolute atomic E-state index is 0.143. The Morgan fingerprint density at radius 3 is 2.36 bits per heavy atom. The molecule has 0 unspecified atom stereocenters. The maximum atomic E-state index is 11.7. The first-order valence-corrected chi connectivity index (χ1v) is 7.72. The van der Waals surface area contributed by atoms with Crippen LogP contribution in [0.3, 0.4) is 0 Å². The summed E-state index contributed by atoms with van der Waals surface area (Å²) >= 11 is 0. The lowest BCUT2D eigenvalue weighted by molar-refractivity contribution is -0.161. The Morgan fingerprint density at radius 1 is 1.14 bits per heavy atom. The smallest absolute Gasteiger partial charge is 0.308 e. The maximum Gasteiger partial charge on any atom is 0.308 e. The third kappa shape index (κ3) is 7.25. The summed E-state index contributed by atoms with van der Waals surface area (Å²) in [7, 11) is 0. The molecule has 0 amide bonds. The van der Waals surface area contributed by atoms with Gasteiger partial charge in [0.25, 0.3) is 0 Å². The molecule has 0 N–H and O–H groups in total. The van der Waals surface area contributed by atoms with Crippen molar-refractivity contribution >= 4 is 11.9 Å². The van der Waals surface area contributed by atoms with Crippen LogP contribution in [0.5, 0.6) is 0 Å². The van der Waals surface area contributed by atoms with Gasteiger partial charge in [0.15, 0.2) is 0 Å². The number of esters is 2. The molecule has 4 nitrogen and oxygen atoms in total. The second kappa shape index (κ2) is 8.57. The molecule has 22 heavy (non-hydrogen) atoms. The second-order valence-corrected chi connectivity index (χ2v) is 6.34. The van der Waals surface area contributed by atoms with Crippen LogP contribution >= 0.6 is 0 Å². The summed E-state index contributed by atoms with van der Waals surface area (Å²) in [5, 5.41) is 0. The predicted molar refractivity (Wildman–Crippen MR) is 85.1 cm³/mol. The molecule has 4 heteroatoms. The Hall–Kier alpha value is -1.84. The van der Waals surface area contributed by atoms with Crippen molar-refractivity contribution in [1.82, 2.24) is 0 Å². The molecule has 0 aliphatic carbocycles. The largest absolute Gasteiger partial charge is 0.461 e. The fourth-order valence-corrected chi connectivity index (χ4v) is 1.91. The maximum absolute atomic E-state index is 11.7. The fraction of sp³-hybridized carbons (Fsp3) is 0.556. The summed E-state index contributed by atoms with van der Waals surface area (Å²) in [6, 6.07) is 9.58. The quantitative estimate of drug-likeness (QED) is 0.684. The molecular weight excluding hydrogens is 280 g/mol. The lowest BCUT2D eigenvalue weighted by atomic mass is 10.0. The fourth-order valence-electron chi connectivity index (χ4n) is 1.91. The number of hydrogen-bond donors (Lipinski definition) is 0. The van der Waals surface area contributed by atoms with E-state index >= 15 is 0 Å². The predicted octanol–water partition coefficient (Wildman–Crippen LogP) is 3.88. The van der Waals surface area contributed by atoms with Crippen molar-refractivity contribution in [1.29, 1.82) is 0 Å². The van der Waals surface area contributed by atoms with Crippen molar-refractivity contribution in [2.75, 3.05) is 0 Å². The molecule has 0 aromatic heterocycles. The highest BCUT2D eigenvalue weighted by Crippen LogP contribution is 2.20. The molecule has 0 spiro atoms. The number of rotatable bonds is 8. The molecule has 0 saturated heterocycles. The van der Waals surface area contributed by atoms with Crippen LogP contribution in [0, 0.1) is 5.92 Å². The highest BCUT2D eigenvalue weighted by molar-refractivity contribution is 5.72. The molecule has 1 aromatic rings. The zero-order valence-corrected chi connectivity index (χ0v) is 13.9. The van der Waals surface area contributed by atoms with Crippen LogP contribution in [0.2, 0.25) is 0 Å². The second-order valence-electron chi connectivity index (χ2n) is 6.34. The van der Waals surface area contributed by atoms with E-state index in [1.807, 2.05) is 44.2 Å². The summed E-state index contributed by atoms with van der Waals surface area (Å²) in [6.07, 6.45) is 1.59. The molecule has 0 aliphatic heterocycles. The van der Waals surface area contributed by atoms with Crippen molar-refractivity contribution < 1.29 is 19.1 Å². The van der Waals surface area contributed by atoms with E-state index in [1.54, 1.807) is 13.8 Å². The molecule has 0 heterocycles. The normalized spacial score (nSPS) is 11.3. The van der Waals surface area contributed by atoms with Gasteiger partial charge in [-0.3, -0.25) is 9.59 Å². The van der Waals surface area contributed by atoms with E-state index in [0.29, 0.717) is 25.9 Å². The number of ether oxygens (including phenoxy) is 2. The highest BCUT2D eigenvalue weighted by Gasteiger charge is 2.24. The van der Waals surface area contributed by atoms with Crippen molar-refractivity contribution in [3.05, 3.63) is 35.9 Å². The van der Waals surface area contributed by atoms with Crippen LogP contribution in [0.1, 0.15) is 52.5 Å². The van der Waals surface area contributed by atoms with Gasteiger partial charge in [-0.25, -0.2) is 0 Å². The number of carbonyl (C=O) groups excluding carboxylic acids is 2. The summed E-state index contributed by atoms with van der Waals surface area (Å²) in [4.78, 5) is 23.3. The number of hydrogen-bond acceptors (Lipinski definition) is 4. The molecule has 122 valence electrons. The average Bonchev–Trinajstić information content (AvgIpc) is 2.45. The van der Waals surface area contributed by atoms with Crippen molar-refractivity contribution in [3.63, 3.8) is 0 Å². The van der Waals surface area contributed by atoms with Gasteiger partial charge in [0.1, 0.15) is 12.2 Å². The number of carbonyl (C=O) groups is 2. The molecule has 0 atom stereocenters. The Balaban J connectivity index is 2.25. The number of benzene rings is 1. The Bertz CT molecular complexity index is 477. The molecule has 0 saturated carbocycles. The molecule has 0 fully saturated rings. The van der Waals surface area contributed by atoms with Gasteiger partial charge >= 0.3 is 11.9 Å². The topological polar surface area (TPSA) is 52.6 Å². The molecule has 1 aromatic carbocycles. The molecule has 0 aliphatic rings. The summed E-state index contributed by atoms with van der Waals surface area (Å²) in [5.74, 6) is -0.582. The van der Waals surface area contributed by atoms with Crippen LogP contribution in [0.15, 0.2) is 30.3 Å². The summed E-state index contributed by atoms with van der Waals surface area (Å²) in [5.41, 5.74) is 0.420. The van der Waals surface area contributed by atoms with Crippen molar-refractivity contribution in [3.8, 4) is 0 Å². The first kappa shape index (κ1) is 18.2. The van der Waals surface area contributed by atoms with Crippen LogP contribution in [0.4, 0.5) is 0 Å². The van der Waals surface area contributed by atoms with Crippen LogP contribution in [-0.4, -0.2) is 17.5 Å². The third-order valence-electron chi connectivity index (χ3n) is 3.25. The van der Waals surface area contributed by atoms with E-state index in [4.69, 9.17) is 9.47 Å². The van der Waals surface area contributed by atoms with E-state index in [-0.39, 0.29) is 17.9 Å². The zero-order chi connectivity index (χ0) is 16.6. The SMILES string of the molecule is CC(C)C(=O)OC(C)(C)CCCC(=O)OCc1ccccc1. The van der Waals surface area contributed by atoms with Gasteiger partial charge in [0.2, 0.25) is 0 Å². The molecule has 1 rings (SSSR count). The van der Waals surface area contributed by atoms with Gasteiger partial charge in [-0.2, -0.15) is 0 Å². The molecule has 0 radical (unpaired) electrons. The van der Waals surface area contributed by atoms with Gasteiger partial charge in [-0.15, -0.1) is 0 Å². The van der Waals surface area contributed by atoms with E-state index in [2.05, 4.69) is 0 Å². The van der Waals surface area contributed by atoms with Gasteiger partial charge in [0, 0.05) is 6.42 Å². The minimum Gasteiger partial charge on any atom is -0.461 e. The summed E-state index contributed by atoms with van der Waals surface area (Å²) in [6.45, 7) is 7.63. The first-order chi connectivity index (χ1) is 10.3. The van der Waals surface area contributed by atoms with Crippen LogP contribution < -0.4 is 0 Å². The lowest BCUT2D eigenvalue weighted by Gasteiger charge is -2.26. The van der Waals surface area contributed by atoms with E-state index in [0.717, 1.165) is 5.56 Å². The van der Waals surface area contributed by atoms with E-state index in [1.165, 1.54) is 0 Å². The van der Waals surface area contributed by atoms with Gasteiger partial charge in [0.05, 0.1) is 5.92 Å². The van der Waals surface area contributed by atoms with Gasteiger partial charge < -0.3 is 9.47 Å². The van der Waals surface area contributed by atoms with Crippen LogP contribution in [-0.2, 0) is 25.7 Å². The Labute approximate surface area is 132 Å². The zero-order valence-electron chi connectivity index (χ0n) is 13.9.